The molecule has 0 aromatic rings. The zero-order chi connectivity index (χ0) is 5.41. The number of thiocarbonyl (C=S) groups is 2. The predicted octanol–water partition coefficient (Wildman–Crippen LogP) is -5.21. The molecule has 0 aliphatic heterocycles. The Morgan fingerprint density at radius 3 is 1.00 bits per heavy atom. The van der Waals surface area contributed by atoms with Gasteiger partial charge in [0.15, 0.2) is 0 Å². The van der Waals surface area contributed by atoms with E-state index in [2.05, 4.69) is 24.4 Å². The summed E-state index contributed by atoms with van der Waals surface area (Å²) < 4.78 is 0. The molecular formula is C2H2IKN2S2. The van der Waals surface area contributed by atoms with Crippen LogP contribution in [0.5, 0.6) is 0 Å². The summed E-state index contributed by atoms with van der Waals surface area (Å²) in [6, 6.07) is 0. The van der Waals surface area contributed by atoms with Crippen molar-refractivity contribution in [2.45, 2.75) is 0 Å². The molecule has 0 N–H and O–H groups in total. The van der Waals surface area contributed by atoms with Crippen molar-refractivity contribution in [1.82, 2.24) is 0 Å². The van der Waals surface area contributed by atoms with Gasteiger partial charge in [-0.25, -0.2) is 0 Å². The van der Waals surface area contributed by atoms with Crippen LogP contribution in [0.4, 0.5) is 0 Å². The summed E-state index contributed by atoms with van der Waals surface area (Å²) in [6.45, 7) is 0. The van der Waals surface area contributed by atoms with Gasteiger partial charge in [-0.1, -0.05) is 24.4 Å². The summed E-state index contributed by atoms with van der Waals surface area (Å²) in [6.07, 6.45) is 0. The minimum absolute atomic E-state index is 0. The zero-order valence-corrected chi connectivity index (χ0v) is 11.5. The molecule has 0 aromatic heterocycles. The second kappa shape index (κ2) is 36.2. The van der Waals surface area contributed by atoms with E-state index >= 15 is 0 Å². The van der Waals surface area contributed by atoms with Crippen LogP contribution < -0.4 is 75.4 Å². The first-order valence-corrected chi connectivity index (χ1v) is 1.67. The molecule has 8 heavy (non-hydrogen) atoms. The van der Waals surface area contributed by atoms with Gasteiger partial charge in [-0.2, -0.15) is 10.3 Å². The minimum atomic E-state index is 0. The molecule has 0 aromatic carbocycles. The molecule has 0 saturated carbocycles. The van der Waals surface area contributed by atoms with Crippen LogP contribution >= 0.6 is 24.4 Å². The van der Waals surface area contributed by atoms with Crippen LogP contribution in [0.2, 0.25) is 0 Å². The maximum Gasteiger partial charge on any atom is 1.00 e. The minimum Gasteiger partial charge on any atom is -0.753 e. The second-order valence-corrected chi connectivity index (χ2v) is 0.548. The first kappa shape index (κ1) is 22.5. The summed E-state index contributed by atoms with van der Waals surface area (Å²) in [5.41, 5.74) is 0. The van der Waals surface area contributed by atoms with Crippen LogP contribution in [0.25, 0.3) is 10.8 Å². The molecule has 0 spiro atoms. The molecule has 40 valence electrons. The molecule has 0 rings (SSSR count). The van der Waals surface area contributed by atoms with Gasteiger partial charge in [0, 0.05) is 0 Å². The van der Waals surface area contributed by atoms with E-state index in [1.54, 1.807) is 0 Å². The fourth-order valence-corrected chi connectivity index (χ4v) is 0. The van der Waals surface area contributed by atoms with E-state index < -0.39 is 0 Å². The van der Waals surface area contributed by atoms with E-state index in [1.165, 1.54) is 10.3 Å². The van der Waals surface area contributed by atoms with Crippen LogP contribution in [-0.2, 0) is 0 Å². The summed E-state index contributed by atoms with van der Waals surface area (Å²) >= 11 is 7.40. The molecule has 6 heteroatoms. The Bertz CT molecular complexity index is 72.0. The molecule has 0 unspecified atom stereocenters. The maximum absolute atomic E-state index is 7.13. The fraction of sp³-hybridized carbons (Fsp3) is 0. The molecule has 2 nitrogen and oxygen atoms in total. The predicted molar refractivity (Wildman–Crippen MR) is 34.7 cm³/mol. The molecule has 0 radical (unpaired) electrons. The number of isothiocyanates is 2. The monoisotopic (exact) mass is 284 g/mol. The van der Waals surface area contributed by atoms with Gasteiger partial charge < -0.3 is 10.8 Å². The summed E-state index contributed by atoms with van der Waals surface area (Å²) in [5.74, 6) is 0. The van der Waals surface area contributed by atoms with E-state index in [4.69, 9.17) is 10.8 Å². The molecule has 0 amide bonds. The summed E-state index contributed by atoms with van der Waals surface area (Å²) in [4.78, 5) is 0. The van der Waals surface area contributed by atoms with Crippen molar-refractivity contribution in [2.75, 3.05) is 0 Å². The van der Waals surface area contributed by atoms with Crippen LogP contribution in [0, 0.1) is 0 Å². The van der Waals surface area contributed by atoms with Gasteiger partial charge in [-0.05, 0) is 0 Å². The van der Waals surface area contributed by atoms with Crippen molar-refractivity contribution in [1.29, 1.82) is 0 Å². The molecule has 0 aliphatic carbocycles. The first-order chi connectivity index (χ1) is 2.83. The van der Waals surface area contributed by atoms with Gasteiger partial charge in [0.1, 0.15) is 0 Å². The Labute approximate surface area is 118 Å². The average Bonchev–Trinajstić information content (AvgIpc) is 1.39. The SMILES string of the molecule is [IH2+].[K+].[N-]=C=S.[N-]=C=S. The van der Waals surface area contributed by atoms with E-state index in [9.17, 15) is 0 Å². The Hall–Kier alpha value is 1.97. The third kappa shape index (κ3) is 100.0. The van der Waals surface area contributed by atoms with Gasteiger partial charge in [-0.15, -0.1) is 0 Å². The molecule has 0 saturated heterocycles. The van der Waals surface area contributed by atoms with Gasteiger partial charge in [0.25, 0.3) is 0 Å². The Morgan fingerprint density at radius 1 is 1.00 bits per heavy atom. The average molecular weight is 284 g/mol. The standard InChI is InChI=1S/2CNS.H2I.K/c2*2-1-3;;/h;;1H2;/q2*-1;2*+1. The number of hydrogen-bond donors (Lipinski definition) is 0. The molecule has 0 bridgehead atoms. The van der Waals surface area contributed by atoms with Gasteiger partial charge in [0.05, 0.1) is 0 Å². The number of halogens is 1. The fourth-order valence-electron chi connectivity index (χ4n) is 0. The Kier molecular flexibility index (Phi) is 102. The molecule has 0 atom stereocenters. The van der Waals surface area contributed by atoms with Crippen molar-refractivity contribution in [3.05, 3.63) is 10.8 Å². The second-order valence-electron chi connectivity index (χ2n) is 0.183. The van der Waals surface area contributed by atoms with Gasteiger partial charge in [-0.3, -0.25) is 0 Å². The molecule has 0 heterocycles. The van der Waals surface area contributed by atoms with Gasteiger partial charge >= 0.3 is 51.4 Å². The van der Waals surface area contributed by atoms with E-state index in [0.717, 1.165) is 0 Å². The third-order valence-electron chi connectivity index (χ3n) is 0. The normalized spacial score (nSPS) is 2.00. The zero-order valence-electron chi connectivity index (χ0n) is 4.16. The molecule has 0 fully saturated rings. The van der Waals surface area contributed by atoms with Crippen LogP contribution in [0.1, 0.15) is 0 Å². The third-order valence-corrected chi connectivity index (χ3v) is 0. The molecular weight excluding hydrogens is 282 g/mol. The maximum atomic E-state index is 7.13. The van der Waals surface area contributed by atoms with Crippen molar-refractivity contribution >= 4 is 34.8 Å². The van der Waals surface area contributed by atoms with Crippen LogP contribution in [-0.4, -0.2) is 10.3 Å². The van der Waals surface area contributed by atoms with E-state index in [-0.39, 0.29) is 75.4 Å². The Balaban J connectivity index is -0.0000000160. The van der Waals surface area contributed by atoms with Crippen LogP contribution in [0.15, 0.2) is 0 Å². The topological polar surface area (TPSA) is 44.6 Å². The largest absolute Gasteiger partial charge is 1.00 e. The van der Waals surface area contributed by atoms with Crippen LogP contribution in [0.3, 0.4) is 0 Å². The number of rotatable bonds is 0. The Morgan fingerprint density at radius 2 is 1.00 bits per heavy atom. The smallest absolute Gasteiger partial charge is 0.753 e. The number of hydrogen-bond acceptors (Lipinski definition) is 2. The quantitative estimate of drug-likeness (QED) is 0.193. The van der Waals surface area contributed by atoms with Gasteiger partial charge in [0.2, 0.25) is 24.0 Å². The number of nitrogens with zero attached hydrogens (tertiary/aromatic N) is 2. The first-order valence-electron chi connectivity index (χ1n) is 0.855. The van der Waals surface area contributed by atoms with Crippen molar-refractivity contribution in [3.8, 4) is 0 Å². The van der Waals surface area contributed by atoms with E-state index in [1.807, 2.05) is 0 Å². The van der Waals surface area contributed by atoms with Crippen molar-refractivity contribution in [3.63, 3.8) is 0 Å². The van der Waals surface area contributed by atoms with Crippen molar-refractivity contribution < 1.29 is 75.4 Å². The summed E-state index contributed by atoms with van der Waals surface area (Å²) in [5, 5.41) is 16.9. The molecule has 0 aliphatic rings. The summed E-state index contributed by atoms with van der Waals surface area (Å²) in [7, 11) is 0. The van der Waals surface area contributed by atoms with Crippen molar-refractivity contribution in [2.24, 2.45) is 0 Å². The van der Waals surface area contributed by atoms with E-state index in [0.29, 0.717) is 0 Å².